The summed E-state index contributed by atoms with van der Waals surface area (Å²) >= 11 is 0. The lowest BCUT2D eigenvalue weighted by Crippen LogP contribution is -2.11. The normalized spacial score (nSPS) is 12.9. The fourth-order valence-electron chi connectivity index (χ4n) is 1.53. The predicted octanol–water partition coefficient (Wildman–Crippen LogP) is 2.40. The minimum Gasteiger partial charge on any atom is -0.376 e. The topological polar surface area (TPSA) is 86.8 Å². The third-order valence-electron chi connectivity index (χ3n) is 2.41. The van der Waals surface area contributed by atoms with Crippen molar-refractivity contribution in [3.63, 3.8) is 0 Å². The molecule has 1 aromatic rings. The van der Waals surface area contributed by atoms with E-state index in [0.717, 1.165) is 11.9 Å². The number of allylic oxidation sites excluding steroid dienone is 3. The number of aromatic nitrogens is 2. The number of oxime groups is 1. The van der Waals surface area contributed by atoms with Gasteiger partial charge >= 0.3 is 0 Å². The van der Waals surface area contributed by atoms with Gasteiger partial charge in [0.25, 0.3) is 0 Å². The maximum atomic E-state index is 7.10. The van der Waals surface area contributed by atoms with Crippen molar-refractivity contribution in [3.05, 3.63) is 48.4 Å². The van der Waals surface area contributed by atoms with Gasteiger partial charge in [-0.1, -0.05) is 5.16 Å². The average molecular weight is 300 g/mol. The van der Waals surface area contributed by atoms with Gasteiger partial charge in [-0.2, -0.15) is 0 Å². The Morgan fingerprint density at radius 1 is 1.41 bits per heavy atom. The molecule has 0 amide bonds. The van der Waals surface area contributed by atoms with Crippen LogP contribution in [-0.2, 0) is 11.4 Å². The van der Waals surface area contributed by atoms with Gasteiger partial charge in [0.15, 0.2) is 0 Å². The molecule has 22 heavy (non-hydrogen) atoms. The largest absolute Gasteiger partial charge is 0.376 e. The first-order valence-corrected chi connectivity index (χ1v) is 6.68. The summed E-state index contributed by atoms with van der Waals surface area (Å²) in [5, 5.41) is 10.8. The molecule has 0 fully saturated rings. The molecule has 7 heteroatoms. The van der Waals surface area contributed by atoms with Crippen molar-refractivity contribution in [1.29, 1.82) is 5.41 Å². The SMILES string of the molecule is C/C=N/O/C(C)=C/C(/C=C/N(C)Cc1cncnc1)=NC=N. The van der Waals surface area contributed by atoms with E-state index in [0.29, 0.717) is 18.0 Å². The second-order valence-electron chi connectivity index (χ2n) is 4.37. The molecule has 0 aliphatic carbocycles. The van der Waals surface area contributed by atoms with Crippen LogP contribution in [0, 0.1) is 5.41 Å². The van der Waals surface area contributed by atoms with E-state index >= 15 is 0 Å². The molecule has 0 aliphatic heterocycles. The molecule has 0 radical (unpaired) electrons. The van der Waals surface area contributed by atoms with Crippen LogP contribution < -0.4 is 0 Å². The van der Waals surface area contributed by atoms with Crippen molar-refractivity contribution in [1.82, 2.24) is 14.9 Å². The summed E-state index contributed by atoms with van der Waals surface area (Å²) in [6.07, 6.45) is 12.9. The number of hydrogen-bond donors (Lipinski definition) is 1. The zero-order chi connectivity index (χ0) is 16.2. The molecule has 0 atom stereocenters. The van der Waals surface area contributed by atoms with Crippen LogP contribution in [0.25, 0.3) is 0 Å². The molecule has 0 aromatic carbocycles. The smallest absolute Gasteiger partial charge is 0.134 e. The van der Waals surface area contributed by atoms with Crippen LogP contribution in [0.2, 0.25) is 0 Å². The molecule has 0 aliphatic rings. The number of aliphatic imine (C=N–C) groups is 1. The van der Waals surface area contributed by atoms with Gasteiger partial charge in [-0.15, -0.1) is 0 Å². The second kappa shape index (κ2) is 9.98. The Morgan fingerprint density at radius 2 is 2.14 bits per heavy atom. The molecule has 1 heterocycles. The fourth-order valence-corrected chi connectivity index (χ4v) is 1.53. The van der Waals surface area contributed by atoms with Gasteiger partial charge in [0, 0.05) is 50.0 Å². The minimum absolute atomic E-state index is 0.586. The third kappa shape index (κ3) is 7.09. The van der Waals surface area contributed by atoms with Crippen LogP contribution >= 0.6 is 0 Å². The van der Waals surface area contributed by atoms with Crippen molar-refractivity contribution in [2.45, 2.75) is 20.4 Å². The van der Waals surface area contributed by atoms with Crippen molar-refractivity contribution in [2.75, 3.05) is 7.05 Å². The Balaban J connectivity index is 2.69. The van der Waals surface area contributed by atoms with E-state index in [-0.39, 0.29) is 0 Å². The van der Waals surface area contributed by atoms with Gasteiger partial charge in [-0.25, -0.2) is 15.0 Å². The van der Waals surface area contributed by atoms with Crippen LogP contribution in [-0.4, -0.2) is 40.2 Å². The summed E-state index contributed by atoms with van der Waals surface area (Å²) in [5.74, 6) is 0.586. The molecule has 7 nitrogen and oxygen atoms in total. The lowest BCUT2D eigenvalue weighted by Gasteiger charge is -2.13. The van der Waals surface area contributed by atoms with Crippen molar-refractivity contribution in [3.8, 4) is 0 Å². The molecule has 0 bridgehead atoms. The molecule has 0 spiro atoms. The quantitative estimate of drug-likeness (QED) is 0.345. The van der Waals surface area contributed by atoms with Crippen LogP contribution in [0.1, 0.15) is 19.4 Å². The Morgan fingerprint density at radius 3 is 2.77 bits per heavy atom. The standard InChI is InChI=1S/C15H20N6O/c1-4-20-22-13(2)7-15(19-11-16)5-6-21(3)10-14-8-17-12-18-9-14/h4-9,11-12,16H,10H2,1-3H3/b6-5+,13-7+,16-11?,19-15?,20-4+. The maximum absolute atomic E-state index is 7.10. The van der Waals surface area contributed by atoms with E-state index in [1.54, 1.807) is 44.6 Å². The summed E-state index contributed by atoms with van der Waals surface area (Å²) in [5.41, 5.74) is 1.60. The van der Waals surface area contributed by atoms with Gasteiger partial charge in [-0.05, 0) is 19.9 Å². The number of hydrogen-bond acceptors (Lipinski definition) is 6. The summed E-state index contributed by atoms with van der Waals surface area (Å²) in [6.45, 7) is 4.21. The first kappa shape index (κ1) is 17.2. The van der Waals surface area contributed by atoms with Crippen molar-refractivity contribution >= 4 is 18.3 Å². The Bertz CT molecular complexity index is 577. The minimum atomic E-state index is 0.586. The number of rotatable bonds is 8. The number of nitrogens with one attached hydrogen (secondary N) is 1. The third-order valence-corrected chi connectivity index (χ3v) is 2.41. The zero-order valence-electron chi connectivity index (χ0n) is 13.0. The van der Waals surface area contributed by atoms with Crippen LogP contribution in [0.5, 0.6) is 0 Å². The van der Waals surface area contributed by atoms with Crippen molar-refractivity contribution < 1.29 is 4.84 Å². The van der Waals surface area contributed by atoms with E-state index < -0.39 is 0 Å². The molecule has 1 rings (SSSR count). The number of nitrogens with zero attached hydrogens (tertiary/aromatic N) is 5. The van der Waals surface area contributed by atoms with Gasteiger partial charge in [0.05, 0.1) is 5.71 Å². The van der Waals surface area contributed by atoms with Crippen LogP contribution in [0.4, 0.5) is 0 Å². The van der Waals surface area contributed by atoms with Gasteiger partial charge in [-0.3, -0.25) is 5.41 Å². The highest BCUT2D eigenvalue weighted by molar-refractivity contribution is 6.07. The van der Waals surface area contributed by atoms with Gasteiger partial charge < -0.3 is 9.74 Å². The molecule has 116 valence electrons. The lowest BCUT2D eigenvalue weighted by molar-refractivity contribution is 0.232. The Kier molecular flexibility index (Phi) is 7.81. The highest BCUT2D eigenvalue weighted by atomic mass is 16.6. The van der Waals surface area contributed by atoms with E-state index in [1.165, 1.54) is 6.33 Å². The Labute approximate surface area is 130 Å². The van der Waals surface area contributed by atoms with Gasteiger partial charge in [0.2, 0.25) is 0 Å². The average Bonchev–Trinajstić information content (AvgIpc) is 2.52. The predicted molar refractivity (Wildman–Crippen MR) is 87.9 cm³/mol. The molecule has 0 saturated carbocycles. The Hall–Kier alpha value is -2.83. The second-order valence-corrected chi connectivity index (χ2v) is 4.37. The zero-order valence-corrected chi connectivity index (χ0v) is 13.0. The van der Waals surface area contributed by atoms with E-state index in [2.05, 4.69) is 20.1 Å². The molecular weight excluding hydrogens is 280 g/mol. The maximum Gasteiger partial charge on any atom is 0.134 e. The summed E-state index contributed by atoms with van der Waals surface area (Å²) in [6, 6.07) is 0. The van der Waals surface area contributed by atoms with Crippen molar-refractivity contribution in [2.24, 2.45) is 10.1 Å². The monoisotopic (exact) mass is 300 g/mol. The molecule has 0 unspecified atom stereocenters. The molecular formula is C15H20N6O. The summed E-state index contributed by atoms with van der Waals surface area (Å²) in [4.78, 5) is 19.0. The van der Waals surface area contributed by atoms with E-state index in [1.807, 2.05) is 18.1 Å². The van der Waals surface area contributed by atoms with Crippen LogP contribution in [0.3, 0.4) is 0 Å². The fraction of sp³-hybridized carbons (Fsp3) is 0.267. The molecule has 0 saturated heterocycles. The summed E-state index contributed by atoms with van der Waals surface area (Å²) < 4.78 is 0. The summed E-state index contributed by atoms with van der Waals surface area (Å²) in [7, 11) is 1.93. The van der Waals surface area contributed by atoms with E-state index in [9.17, 15) is 0 Å². The highest BCUT2D eigenvalue weighted by Gasteiger charge is 1.97. The molecule has 1 aromatic heterocycles. The van der Waals surface area contributed by atoms with E-state index in [4.69, 9.17) is 10.2 Å². The first-order chi connectivity index (χ1) is 10.7. The van der Waals surface area contributed by atoms with Crippen LogP contribution in [0.15, 0.2) is 53.0 Å². The highest BCUT2D eigenvalue weighted by Crippen LogP contribution is 2.02. The van der Waals surface area contributed by atoms with Gasteiger partial charge in [0.1, 0.15) is 18.4 Å². The first-order valence-electron chi connectivity index (χ1n) is 6.68. The molecule has 1 N–H and O–H groups in total. The lowest BCUT2D eigenvalue weighted by atomic mass is 10.3.